The summed E-state index contributed by atoms with van der Waals surface area (Å²) in [5.41, 5.74) is 5.06. The molecule has 0 amide bonds. The molecule has 0 aliphatic carbocycles. The zero-order valence-electron chi connectivity index (χ0n) is 17.1. The van der Waals surface area contributed by atoms with E-state index in [4.69, 9.17) is 0 Å². The van der Waals surface area contributed by atoms with Gasteiger partial charge < -0.3 is 4.57 Å². The van der Waals surface area contributed by atoms with Crippen LogP contribution in [0.3, 0.4) is 0 Å². The highest BCUT2D eigenvalue weighted by molar-refractivity contribution is 7.27. The van der Waals surface area contributed by atoms with E-state index in [0.717, 1.165) is 0 Å². The molecular weight excluding hydrogens is 394 g/mol. The van der Waals surface area contributed by atoms with Gasteiger partial charge in [-0.15, -0.1) is 11.3 Å². The molecule has 0 atom stereocenters. The van der Waals surface area contributed by atoms with Crippen molar-refractivity contribution in [1.29, 1.82) is 0 Å². The molecule has 1 nitrogen and oxygen atoms in total. The summed E-state index contributed by atoms with van der Waals surface area (Å²) in [7, 11) is 0. The van der Waals surface area contributed by atoms with Crippen LogP contribution in [0.1, 0.15) is 5.56 Å². The van der Waals surface area contributed by atoms with Crippen LogP contribution in [0.5, 0.6) is 0 Å². The van der Waals surface area contributed by atoms with E-state index in [-0.39, 0.29) is 0 Å². The number of benzene rings is 5. The fourth-order valence-corrected chi connectivity index (χ4v) is 6.43. The van der Waals surface area contributed by atoms with Gasteiger partial charge in [0.15, 0.2) is 0 Å². The zero-order chi connectivity index (χ0) is 20.5. The number of fused-ring (bicyclic) bond motifs is 10. The lowest BCUT2D eigenvalue weighted by atomic mass is 10.00. The van der Waals surface area contributed by atoms with E-state index in [1.807, 2.05) is 11.3 Å². The molecule has 146 valence electrons. The first-order chi connectivity index (χ1) is 15.3. The number of para-hydroxylation sites is 1. The fourth-order valence-electron chi connectivity index (χ4n) is 5.16. The molecular formula is C29H19NS. The van der Waals surface area contributed by atoms with Crippen molar-refractivity contribution < 1.29 is 0 Å². The van der Waals surface area contributed by atoms with Crippen molar-refractivity contribution in [2.75, 3.05) is 0 Å². The summed E-state index contributed by atoms with van der Waals surface area (Å²) in [6.45, 7) is 2.17. The summed E-state index contributed by atoms with van der Waals surface area (Å²) in [6.07, 6.45) is 0. The van der Waals surface area contributed by atoms with Crippen LogP contribution in [0, 0.1) is 6.92 Å². The summed E-state index contributed by atoms with van der Waals surface area (Å²) in [5.74, 6) is 0. The number of aryl methyl sites for hydroxylation is 1. The Bertz CT molecular complexity index is 1800. The van der Waals surface area contributed by atoms with Crippen LogP contribution in [0.25, 0.3) is 58.4 Å². The summed E-state index contributed by atoms with van der Waals surface area (Å²) in [4.78, 5) is 0. The predicted molar refractivity (Wildman–Crippen MR) is 136 cm³/mol. The van der Waals surface area contributed by atoms with E-state index in [1.54, 1.807) is 0 Å². The molecule has 31 heavy (non-hydrogen) atoms. The van der Waals surface area contributed by atoms with E-state index in [1.165, 1.54) is 64.0 Å². The maximum absolute atomic E-state index is 2.46. The van der Waals surface area contributed by atoms with Gasteiger partial charge in [-0.3, -0.25) is 0 Å². The van der Waals surface area contributed by atoms with Crippen LogP contribution in [-0.4, -0.2) is 4.57 Å². The van der Waals surface area contributed by atoms with Gasteiger partial charge in [0, 0.05) is 42.0 Å². The van der Waals surface area contributed by atoms with Gasteiger partial charge >= 0.3 is 0 Å². The molecule has 0 unspecified atom stereocenters. The lowest BCUT2D eigenvalue weighted by molar-refractivity contribution is 1.18. The van der Waals surface area contributed by atoms with Gasteiger partial charge in [0.1, 0.15) is 0 Å². The maximum Gasteiger partial charge on any atom is 0.0634 e. The van der Waals surface area contributed by atoms with Crippen molar-refractivity contribution in [3.8, 4) is 5.69 Å². The minimum Gasteiger partial charge on any atom is -0.309 e. The molecule has 2 heteroatoms. The van der Waals surface area contributed by atoms with E-state index < -0.39 is 0 Å². The molecule has 2 aromatic heterocycles. The second kappa shape index (κ2) is 6.19. The SMILES string of the molecule is Cc1cccc(-n2c3ccccc3c3c4sc5ccccc5c4c4ccccc4c32)c1. The van der Waals surface area contributed by atoms with E-state index in [2.05, 4.69) is 109 Å². The largest absolute Gasteiger partial charge is 0.309 e. The molecule has 0 aliphatic rings. The third kappa shape index (κ3) is 2.26. The Morgan fingerprint density at radius 1 is 0.613 bits per heavy atom. The van der Waals surface area contributed by atoms with E-state index in [9.17, 15) is 0 Å². The number of hydrogen-bond acceptors (Lipinski definition) is 1. The minimum atomic E-state index is 1.22. The Hall–Kier alpha value is -3.62. The molecule has 0 aliphatic heterocycles. The Kier molecular flexibility index (Phi) is 3.42. The lowest BCUT2D eigenvalue weighted by Crippen LogP contribution is -1.95. The smallest absolute Gasteiger partial charge is 0.0634 e. The zero-order valence-corrected chi connectivity index (χ0v) is 17.9. The normalized spacial score (nSPS) is 12.0. The predicted octanol–water partition coefficient (Wildman–Crippen LogP) is 8.61. The van der Waals surface area contributed by atoms with Crippen LogP contribution in [0.15, 0.2) is 97.1 Å². The maximum atomic E-state index is 2.46. The Balaban J connectivity index is 1.86. The average Bonchev–Trinajstić information content (AvgIpc) is 3.36. The van der Waals surface area contributed by atoms with Crippen LogP contribution >= 0.6 is 11.3 Å². The van der Waals surface area contributed by atoms with Crippen molar-refractivity contribution in [3.05, 3.63) is 103 Å². The van der Waals surface area contributed by atoms with Crippen LogP contribution in [0.2, 0.25) is 0 Å². The van der Waals surface area contributed by atoms with Gasteiger partial charge in [0.05, 0.1) is 11.0 Å². The first-order valence-electron chi connectivity index (χ1n) is 10.6. The quantitative estimate of drug-likeness (QED) is 0.254. The Morgan fingerprint density at radius 3 is 2.16 bits per heavy atom. The molecule has 0 saturated carbocycles. The molecule has 0 saturated heterocycles. The van der Waals surface area contributed by atoms with E-state index >= 15 is 0 Å². The molecule has 5 aromatic carbocycles. The number of rotatable bonds is 1. The van der Waals surface area contributed by atoms with E-state index in [0.29, 0.717) is 0 Å². The van der Waals surface area contributed by atoms with Gasteiger partial charge in [-0.1, -0.05) is 72.8 Å². The Morgan fingerprint density at radius 2 is 1.32 bits per heavy atom. The molecule has 7 aromatic rings. The number of hydrogen-bond donors (Lipinski definition) is 0. The molecule has 7 rings (SSSR count). The number of aromatic nitrogens is 1. The van der Waals surface area contributed by atoms with Crippen LogP contribution in [0.4, 0.5) is 0 Å². The molecule has 0 N–H and O–H groups in total. The highest BCUT2D eigenvalue weighted by Crippen LogP contribution is 2.47. The summed E-state index contributed by atoms with van der Waals surface area (Å²) < 4.78 is 5.20. The van der Waals surface area contributed by atoms with Gasteiger partial charge in [-0.05, 0) is 42.1 Å². The third-order valence-corrected chi connectivity index (χ3v) is 7.60. The summed E-state index contributed by atoms with van der Waals surface area (Å²) in [6, 6.07) is 35.4. The van der Waals surface area contributed by atoms with Crippen molar-refractivity contribution in [1.82, 2.24) is 4.57 Å². The minimum absolute atomic E-state index is 1.22. The standard InChI is InChI=1S/C29H19NS/c1-18-9-8-10-19(17-18)30-24-15-6-4-13-22(24)27-28(30)21-12-3-2-11-20(21)26-23-14-5-7-16-25(23)31-29(26)27/h2-17H,1H3. The molecule has 0 fully saturated rings. The summed E-state index contributed by atoms with van der Waals surface area (Å²) >= 11 is 1.92. The molecule has 0 radical (unpaired) electrons. The lowest BCUT2D eigenvalue weighted by Gasteiger charge is -2.11. The second-order valence-electron chi connectivity index (χ2n) is 8.26. The second-order valence-corrected chi connectivity index (χ2v) is 9.32. The van der Waals surface area contributed by atoms with Crippen molar-refractivity contribution in [3.63, 3.8) is 0 Å². The first kappa shape index (κ1) is 17.1. The van der Waals surface area contributed by atoms with Gasteiger partial charge in [-0.2, -0.15) is 0 Å². The first-order valence-corrected chi connectivity index (χ1v) is 11.4. The fraction of sp³-hybridized carbons (Fsp3) is 0.0345. The summed E-state index contributed by atoms with van der Waals surface area (Å²) in [5, 5.41) is 8.07. The van der Waals surface area contributed by atoms with Crippen LogP contribution < -0.4 is 0 Å². The van der Waals surface area contributed by atoms with Crippen molar-refractivity contribution >= 4 is 64.1 Å². The third-order valence-electron chi connectivity index (χ3n) is 6.41. The molecule has 0 spiro atoms. The Labute approximate surface area is 183 Å². The molecule has 2 heterocycles. The monoisotopic (exact) mass is 413 g/mol. The van der Waals surface area contributed by atoms with Gasteiger partial charge in [-0.25, -0.2) is 0 Å². The molecule has 0 bridgehead atoms. The highest BCUT2D eigenvalue weighted by atomic mass is 32.1. The topological polar surface area (TPSA) is 4.93 Å². The van der Waals surface area contributed by atoms with Crippen molar-refractivity contribution in [2.45, 2.75) is 6.92 Å². The average molecular weight is 414 g/mol. The highest BCUT2D eigenvalue weighted by Gasteiger charge is 2.21. The van der Waals surface area contributed by atoms with Crippen molar-refractivity contribution in [2.24, 2.45) is 0 Å². The van der Waals surface area contributed by atoms with Crippen LogP contribution in [-0.2, 0) is 0 Å². The van der Waals surface area contributed by atoms with Gasteiger partial charge in [0.2, 0.25) is 0 Å². The number of nitrogens with zero attached hydrogens (tertiary/aromatic N) is 1. The van der Waals surface area contributed by atoms with Gasteiger partial charge in [0.25, 0.3) is 0 Å². The number of thiophene rings is 1.